The van der Waals surface area contributed by atoms with Crippen LogP contribution >= 0.6 is 0 Å². The first-order valence-electron chi connectivity index (χ1n) is 7.41. The second-order valence-corrected chi connectivity index (χ2v) is 7.53. The first kappa shape index (κ1) is 16.2. The molecule has 1 heterocycles. The standard InChI is InChI=1S/C17H16N2O4S/c1-12-2-6-14(7-3-12)18-17(21)13-4-8-15(9-5-13)19-16(20)10-11-24(19,22)23/h2-9H,10-11H2,1H3,(H,18,21). The van der Waals surface area contributed by atoms with E-state index >= 15 is 0 Å². The van der Waals surface area contributed by atoms with Gasteiger partial charge >= 0.3 is 0 Å². The van der Waals surface area contributed by atoms with Crippen LogP contribution in [0.25, 0.3) is 0 Å². The van der Waals surface area contributed by atoms with Crippen molar-refractivity contribution in [3.8, 4) is 0 Å². The van der Waals surface area contributed by atoms with Gasteiger partial charge in [-0.2, -0.15) is 0 Å². The van der Waals surface area contributed by atoms with Crippen LogP contribution < -0.4 is 9.62 Å². The summed E-state index contributed by atoms with van der Waals surface area (Å²) < 4.78 is 24.6. The Morgan fingerprint density at radius 1 is 1.04 bits per heavy atom. The highest BCUT2D eigenvalue weighted by Gasteiger charge is 2.36. The monoisotopic (exact) mass is 344 g/mol. The lowest BCUT2D eigenvalue weighted by atomic mass is 10.1. The molecule has 1 aliphatic heterocycles. The van der Waals surface area contributed by atoms with Crippen molar-refractivity contribution in [2.45, 2.75) is 13.3 Å². The fourth-order valence-electron chi connectivity index (χ4n) is 2.46. The topological polar surface area (TPSA) is 83.6 Å². The van der Waals surface area contributed by atoms with Gasteiger partial charge in [-0.3, -0.25) is 9.59 Å². The Kier molecular flexibility index (Phi) is 4.11. The molecule has 6 nitrogen and oxygen atoms in total. The molecule has 2 aromatic carbocycles. The number of hydrogen-bond acceptors (Lipinski definition) is 4. The minimum Gasteiger partial charge on any atom is -0.322 e. The summed E-state index contributed by atoms with van der Waals surface area (Å²) in [6.07, 6.45) is -0.0159. The lowest BCUT2D eigenvalue weighted by Gasteiger charge is -2.15. The second-order valence-electron chi connectivity index (χ2n) is 5.59. The van der Waals surface area contributed by atoms with Crippen molar-refractivity contribution in [3.05, 3.63) is 59.7 Å². The molecule has 1 N–H and O–H groups in total. The van der Waals surface area contributed by atoms with Crippen molar-refractivity contribution in [1.29, 1.82) is 0 Å². The minimum absolute atomic E-state index is 0.0159. The predicted molar refractivity (Wildman–Crippen MR) is 91.5 cm³/mol. The van der Waals surface area contributed by atoms with Crippen LogP contribution in [-0.4, -0.2) is 26.0 Å². The molecule has 2 aromatic rings. The molecule has 0 radical (unpaired) electrons. The fourth-order valence-corrected chi connectivity index (χ4v) is 3.92. The van der Waals surface area contributed by atoms with E-state index in [0.29, 0.717) is 11.3 Å². The number of nitrogens with zero attached hydrogens (tertiary/aromatic N) is 1. The number of anilines is 2. The first-order valence-corrected chi connectivity index (χ1v) is 9.02. The van der Waals surface area contributed by atoms with Gasteiger partial charge in [0.1, 0.15) is 0 Å². The van der Waals surface area contributed by atoms with E-state index in [1.54, 1.807) is 12.1 Å². The van der Waals surface area contributed by atoms with Gasteiger partial charge < -0.3 is 5.32 Å². The van der Waals surface area contributed by atoms with Crippen molar-refractivity contribution in [1.82, 2.24) is 0 Å². The van der Waals surface area contributed by atoms with Crippen LogP contribution in [0.5, 0.6) is 0 Å². The van der Waals surface area contributed by atoms with Crippen LogP contribution in [0.3, 0.4) is 0 Å². The van der Waals surface area contributed by atoms with Gasteiger partial charge in [0.05, 0.1) is 11.4 Å². The number of carbonyl (C=O) groups excluding carboxylic acids is 2. The van der Waals surface area contributed by atoms with Gasteiger partial charge in [0, 0.05) is 17.7 Å². The van der Waals surface area contributed by atoms with E-state index in [0.717, 1.165) is 9.87 Å². The third-order valence-electron chi connectivity index (χ3n) is 3.75. The molecule has 1 saturated heterocycles. The maximum atomic E-state index is 12.2. The third-order valence-corrected chi connectivity index (χ3v) is 5.44. The Morgan fingerprint density at radius 3 is 2.21 bits per heavy atom. The van der Waals surface area contributed by atoms with E-state index < -0.39 is 15.9 Å². The molecule has 0 aromatic heterocycles. The Bertz CT molecular complexity index is 887. The minimum atomic E-state index is -3.59. The SMILES string of the molecule is Cc1ccc(NC(=O)c2ccc(N3C(=O)CCS3(=O)=O)cc2)cc1. The highest BCUT2D eigenvalue weighted by atomic mass is 32.2. The molecule has 1 fully saturated rings. The Balaban J connectivity index is 1.78. The lowest BCUT2D eigenvalue weighted by Crippen LogP contribution is -2.29. The van der Waals surface area contributed by atoms with Crippen LogP contribution in [0, 0.1) is 6.92 Å². The summed E-state index contributed by atoms with van der Waals surface area (Å²) in [5.74, 6) is -0.936. The van der Waals surface area contributed by atoms with Crippen LogP contribution in [0.1, 0.15) is 22.3 Å². The van der Waals surface area contributed by atoms with Gasteiger partial charge in [-0.25, -0.2) is 12.7 Å². The molecule has 0 saturated carbocycles. The van der Waals surface area contributed by atoms with Crippen molar-refractivity contribution < 1.29 is 18.0 Å². The molecule has 0 spiro atoms. The van der Waals surface area contributed by atoms with Crippen LogP contribution in [-0.2, 0) is 14.8 Å². The third kappa shape index (κ3) is 3.16. The average molecular weight is 344 g/mol. The second kappa shape index (κ2) is 6.09. The van der Waals surface area contributed by atoms with Gasteiger partial charge in [-0.15, -0.1) is 0 Å². The van der Waals surface area contributed by atoms with Crippen LogP contribution in [0.2, 0.25) is 0 Å². The summed E-state index contributed by atoms with van der Waals surface area (Å²) in [4.78, 5) is 24.0. The summed E-state index contributed by atoms with van der Waals surface area (Å²) in [7, 11) is -3.59. The quantitative estimate of drug-likeness (QED) is 0.926. The van der Waals surface area contributed by atoms with Gasteiger partial charge in [-0.05, 0) is 43.3 Å². The normalized spacial score (nSPS) is 16.2. The zero-order valence-corrected chi connectivity index (χ0v) is 13.8. The van der Waals surface area contributed by atoms with Crippen molar-refractivity contribution in [2.24, 2.45) is 0 Å². The van der Waals surface area contributed by atoms with Crippen molar-refractivity contribution in [3.63, 3.8) is 0 Å². The summed E-state index contributed by atoms with van der Waals surface area (Å²) in [6, 6.07) is 13.3. The van der Waals surface area contributed by atoms with Gasteiger partial charge in [0.2, 0.25) is 15.9 Å². The van der Waals surface area contributed by atoms with Crippen LogP contribution in [0.4, 0.5) is 11.4 Å². The molecular formula is C17H16N2O4S. The predicted octanol–water partition coefficient (Wildman–Crippen LogP) is 2.31. The number of nitrogens with one attached hydrogen (secondary N) is 1. The summed E-state index contributed by atoms with van der Waals surface area (Å²) in [6.45, 7) is 1.96. The molecule has 0 atom stereocenters. The van der Waals surface area contributed by atoms with Crippen molar-refractivity contribution in [2.75, 3.05) is 15.4 Å². The van der Waals surface area contributed by atoms with E-state index in [2.05, 4.69) is 5.32 Å². The average Bonchev–Trinajstić information content (AvgIpc) is 2.83. The molecule has 0 aliphatic carbocycles. The van der Waals surface area contributed by atoms with Gasteiger partial charge in [0.15, 0.2) is 0 Å². The molecule has 3 rings (SSSR count). The molecule has 2 amide bonds. The molecule has 24 heavy (non-hydrogen) atoms. The largest absolute Gasteiger partial charge is 0.322 e. The number of amides is 2. The molecule has 7 heteroatoms. The maximum absolute atomic E-state index is 12.2. The molecular weight excluding hydrogens is 328 g/mol. The highest BCUT2D eigenvalue weighted by Crippen LogP contribution is 2.25. The molecule has 0 bridgehead atoms. The molecule has 1 aliphatic rings. The Morgan fingerprint density at radius 2 is 1.67 bits per heavy atom. The Hall–Kier alpha value is -2.67. The number of sulfonamides is 1. The number of carbonyl (C=O) groups is 2. The zero-order chi connectivity index (χ0) is 17.3. The van der Waals surface area contributed by atoms with Gasteiger partial charge in [0.25, 0.3) is 5.91 Å². The highest BCUT2D eigenvalue weighted by molar-refractivity contribution is 7.94. The van der Waals surface area contributed by atoms with E-state index in [9.17, 15) is 18.0 Å². The van der Waals surface area contributed by atoms with Crippen molar-refractivity contribution >= 4 is 33.2 Å². The molecule has 0 unspecified atom stereocenters. The summed E-state index contributed by atoms with van der Waals surface area (Å²) >= 11 is 0. The van der Waals surface area contributed by atoms with E-state index in [1.165, 1.54) is 24.3 Å². The number of hydrogen-bond donors (Lipinski definition) is 1. The van der Waals surface area contributed by atoms with E-state index in [4.69, 9.17) is 0 Å². The smallest absolute Gasteiger partial charge is 0.255 e. The van der Waals surface area contributed by atoms with Crippen LogP contribution in [0.15, 0.2) is 48.5 Å². The maximum Gasteiger partial charge on any atom is 0.255 e. The van der Waals surface area contributed by atoms with Gasteiger partial charge in [-0.1, -0.05) is 17.7 Å². The van der Waals surface area contributed by atoms with E-state index in [-0.39, 0.29) is 23.8 Å². The fraction of sp³-hybridized carbons (Fsp3) is 0.176. The summed E-state index contributed by atoms with van der Waals surface area (Å²) in [5, 5.41) is 2.76. The number of rotatable bonds is 3. The lowest BCUT2D eigenvalue weighted by molar-refractivity contribution is -0.116. The Labute approximate surface area is 140 Å². The molecule has 124 valence electrons. The summed E-state index contributed by atoms with van der Waals surface area (Å²) in [5.41, 5.74) is 2.40. The zero-order valence-electron chi connectivity index (χ0n) is 13.0. The van der Waals surface area contributed by atoms with E-state index in [1.807, 2.05) is 19.1 Å². The number of aryl methyl sites for hydroxylation is 1. The first-order chi connectivity index (χ1) is 11.4. The number of benzene rings is 2.